The Morgan fingerprint density at radius 3 is 2.86 bits per heavy atom. The van der Waals surface area contributed by atoms with E-state index in [0.29, 0.717) is 36.5 Å². The largest absolute Gasteiger partial charge is 0.470 e. The number of aromatic nitrogens is 4. The molecule has 0 aliphatic carbocycles. The van der Waals surface area contributed by atoms with Crippen LogP contribution in [0.1, 0.15) is 22.6 Å². The predicted molar refractivity (Wildman–Crippen MR) is 95.7 cm³/mol. The summed E-state index contributed by atoms with van der Waals surface area (Å²) >= 11 is 0. The van der Waals surface area contributed by atoms with Gasteiger partial charge in [0.1, 0.15) is 23.7 Å². The Hall–Kier alpha value is -3.80. The standard InChI is InChI=1S/C19H15FN6O2/c20-13-3-1-12(2-4-13)15-9-16(25-24-15)19(27)26-8-5-14(11-26)28-18-17(10-21)22-6-7-23-18/h1-4,6-7,9,14H,5,8,11H2,(H,24,25). The first-order valence-corrected chi connectivity index (χ1v) is 8.62. The summed E-state index contributed by atoms with van der Waals surface area (Å²) < 4.78 is 18.8. The Kier molecular flexibility index (Phi) is 4.68. The molecule has 1 N–H and O–H groups in total. The number of likely N-dealkylation sites (tertiary alicyclic amines) is 1. The van der Waals surface area contributed by atoms with Gasteiger partial charge in [-0.2, -0.15) is 10.4 Å². The van der Waals surface area contributed by atoms with Crippen molar-refractivity contribution in [2.24, 2.45) is 0 Å². The minimum absolute atomic E-state index is 0.116. The van der Waals surface area contributed by atoms with Crippen molar-refractivity contribution in [2.75, 3.05) is 13.1 Å². The topological polar surface area (TPSA) is 108 Å². The summed E-state index contributed by atoms with van der Waals surface area (Å²) in [6, 6.07) is 9.47. The van der Waals surface area contributed by atoms with Gasteiger partial charge in [0.15, 0.2) is 0 Å². The third-order valence-corrected chi connectivity index (χ3v) is 4.43. The summed E-state index contributed by atoms with van der Waals surface area (Å²) in [5.74, 6) is -0.364. The van der Waals surface area contributed by atoms with Crippen LogP contribution in [0.4, 0.5) is 4.39 Å². The Bertz CT molecular complexity index is 1040. The van der Waals surface area contributed by atoms with Gasteiger partial charge in [-0.25, -0.2) is 14.4 Å². The molecule has 3 aromatic rings. The number of rotatable bonds is 4. The maximum atomic E-state index is 13.1. The molecule has 0 radical (unpaired) electrons. The number of H-pyrrole nitrogens is 1. The first-order chi connectivity index (χ1) is 13.6. The van der Waals surface area contributed by atoms with E-state index in [-0.39, 0.29) is 29.4 Å². The molecule has 1 aliphatic rings. The third kappa shape index (κ3) is 3.53. The normalized spacial score (nSPS) is 16.0. The fraction of sp³-hybridized carbons (Fsp3) is 0.211. The molecule has 140 valence electrons. The number of ether oxygens (including phenoxy) is 1. The van der Waals surface area contributed by atoms with Crippen LogP contribution < -0.4 is 4.74 Å². The highest BCUT2D eigenvalue weighted by Crippen LogP contribution is 2.22. The maximum absolute atomic E-state index is 13.1. The van der Waals surface area contributed by atoms with Gasteiger partial charge in [-0.15, -0.1) is 0 Å². The van der Waals surface area contributed by atoms with Gasteiger partial charge in [-0.1, -0.05) is 0 Å². The van der Waals surface area contributed by atoms with E-state index in [2.05, 4.69) is 20.2 Å². The van der Waals surface area contributed by atoms with Gasteiger partial charge in [0, 0.05) is 30.9 Å². The molecular weight excluding hydrogens is 363 g/mol. The van der Waals surface area contributed by atoms with Crippen molar-refractivity contribution in [1.82, 2.24) is 25.1 Å². The van der Waals surface area contributed by atoms with Crippen LogP contribution in [0.2, 0.25) is 0 Å². The molecule has 0 spiro atoms. The van der Waals surface area contributed by atoms with Crippen molar-refractivity contribution < 1.29 is 13.9 Å². The van der Waals surface area contributed by atoms with E-state index in [4.69, 9.17) is 10.00 Å². The van der Waals surface area contributed by atoms with Crippen LogP contribution in [-0.4, -0.2) is 50.2 Å². The molecule has 1 amide bonds. The summed E-state index contributed by atoms with van der Waals surface area (Å²) in [4.78, 5) is 22.3. The number of hydrogen-bond acceptors (Lipinski definition) is 6. The number of nitrogens with one attached hydrogen (secondary N) is 1. The lowest BCUT2D eigenvalue weighted by Gasteiger charge is -2.16. The van der Waals surface area contributed by atoms with Crippen LogP contribution >= 0.6 is 0 Å². The molecule has 28 heavy (non-hydrogen) atoms. The minimum atomic E-state index is -0.332. The van der Waals surface area contributed by atoms with Gasteiger partial charge >= 0.3 is 0 Å². The highest BCUT2D eigenvalue weighted by molar-refractivity contribution is 5.93. The van der Waals surface area contributed by atoms with E-state index < -0.39 is 0 Å². The Morgan fingerprint density at radius 1 is 1.29 bits per heavy atom. The monoisotopic (exact) mass is 378 g/mol. The number of carbonyl (C=O) groups is 1. The summed E-state index contributed by atoms with van der Waals surface area (Å²) in [7, 11) is 0. The molecule has 1 saturated heterocycles. The second-order valence-corrected chi connectivity index (χ2v) is 6.28. The van der Waals surface area contributed by atoms with E-state index in [1.54, 1.807) is 23.1 Å². The number of amides is 1. The van der Waals surface area contributed by atoms with Crippen LogP contribution in [0.15, 0.2) is 42.7 Å². The second kappa shape index (κ2) is 7.44. The van der Waals surface area contributed by atoms with Gasteiger partial charge in [-0.05, 0) is 30.3 Å². The molecule has 0 saturated carbocycles. The number of nitrogens with zero attached hydrogens (tertiary/aromatic N) is 5. The van der Waals surface area contributed by atoms with Gasteiger partial charge in [0.2, 0.25) is 5.69 Å². The van der Waals surface area contributed by atoms with Crippen LogP contribution in [0.25, 0.3) is 11.3 Å². The van der Waals surface area contributed by atoms with Crippen molar-refractivity contribution in [3.8, 4) is 23.2 Å². The van der Waals surface area contributed by atoms with Gasteiger partial charge in [0.05, 0.1) is 12.2 Å². The zero-order valence-corrected chi connectivity index (χ0v) is 14.7. The van der Waals surface area contributed by atoms with Gasteiger partial charge < -0.3 is 9.64 Å². The van der Waals surface area contributed by atoms with Crippen molar-refractivity contribution >= 4 is 5.91 Å². The van der Waals surface area contributed by atoms with E-state index in [1.807, 2.05) is 6.07 Å². The smallest absolute Gasteiger partial charge is 0.272 e. The molecule has 0 bridgehead atoms. The molecule has 1 fully saturated rings. The lowest BCUT2D eigenvalue weighted by molar-refractivity contribution is 0.0765. The molecule has 2 aromatic heterocycles. The van der Waals surface area contributed by atoms with Crippen LogP contribution in [0.3, 0.4) is 0 Å². The van der Waals surface area contributed by atoms with Crippen LogP contribution in [0, 0.1) is 17.1 Å². The second-order valence-electron chi connectivity index (χ2n) is 6.28. The minimum Gasteiger partial charge on any atom is -0.470 e. The number of benzene rings is 1. The molecule has 4 rings (SSSR count). The Labute approximate surface area is 159 Å². The molecule has 8 nitrogen and oxygen atoms in total. The number of hydrogen-bond donors (Lipinski definition) is 1. The zero-order valence-electron chi connectivity index (χ0n) is 14.7. The highest BCUT2D eigenvalue weighted by Gasteiger charge is 2.30. The molecule has 1 aromatic carbocycles. The average molecular weight is 378 g/mol. The van der Waals surface area contributed by atoms with E-state index >= 15 is 0 Å². The first kappa shape index (κ1) is 17.6. The quantitative estimate of drug-likeness (QED) is 0.745. The first-order valence-electron chi connectivity index (χ1n) is 8.62. The molecular formula is C19H15FN6O2. The third-order valence-electron chi connectivity index (χ3n) is 4.43. The molecule has 3 heterocycles. The molecule has 1 aliphatic heterocycles. The van der Waals surface area contributed by atoms with Crippen molar-refractivity contribution in [1.29, 1.82) is 5.26 Å². The predicted octanol–water partition coefficient (Wildman–Crippen LogP) is 2.17. The summed E-state index contributed by atoms with van der Waals surface area (Å²) in [6.07, 6.45) is 3.22. The lowest BCUT2D eigenvalue weighted by atomic mass is 10.1. The Balaban J connectivity index is 1.42. The lowest BCUT2D eigenvalue weighted by Crippen LogP contribution is -2.31. The molecule has 9 heteroatoms. The van der Waals surface area contributed by atoms with E-state index in [1.165, 1.54) is 24.5 Å². The Morgan fingerprint density at radius 2 is 2.07 bits per heavy atom. The molecule has 1 unspecified atom stereocenters. The summed E-state index contributed by atoms with van der Waals surface area (Å²) in [6.45, 7) is 0.877. The zero-order chi connectivity index (χ0) is 19.5. The summed E-state index contributed by atoms with van der Waals surface area (Å²) in [5, 5.41) is 15.9. The van der Waals surface area contributed by atoms with Crippen molar-refractivity contribution in [3.05, 3.63) is 59.9 Å². The van der Waals surface area contributed by atoms with Crippen LogP contribution in [-0.2, 0) is 0 Å². The number of aromatic amines is 1. The highest BCUT2D eigenvalue weighted by atomic mass is 19.1. The van der Waals surface area contributed by atoms with Crippen molar-refractivity contribution in [3.63, 3.8) is 0 Å². The molecule has 1 atom stereocenters. The fourth-order valence-corrected chi connectivity index (χ4v) is 3.03. The van der Waals surface area contributed by atoms with Crippen molar-refractivity contribution in [2.45, 2.75) is 12.5 Å². The SMILES string of the molecule is N#Cc1nccnc1OC1CCN(C(=O)c2cc(-c3ccc(F)cc3)n[nH]2)C1. The van der Waals surface area contributed by atoms with Crippen LogP contribution in [0.5, 0.6) is 5.88 Å². The number of nitriles is 1. The van der Waals surface area contributed by atoms with Gasteiger partial charge in [0.25, 0.3) is 11.8 Å². The summed E-state index contributed by atoms with van der Waals surface area (Å²) in [5.41, 5.74) is 1.74. The average Bonchev–Trinajstić information content (AvgIpc) is 3.38. The van der Waals surface area contributed by atoms with E-state index in [0.717, 1.165) is 0 Å². The number of carbonyl (C=O) groups excluding carboxylic acids is 1. The van der Waals surface area contributed by atoms with E-state index in [9.17, 15) is 9.18 Å². The number of halogens is 1. The maximum Gasteiger partial charge on any atom is 0.272 e. The fourth-order valence-electron chi connectivity index (χ4n) is 3.03. The van der Waals surface area contributed by atoms with Gasteiger partial charge in [-0.3, -0.25) is 9.89 Å².